The highest BCUT2D eigenvalue weighted by atomic mass is 32.2. The largest absolute Gasteiger partial charge is 0.444 e. The van der Waals surface area contributed by atoms with E-state index in [1.165, 1.54) is 17.9 Å². The van der Waals surface area contributed by atoms with E-state index >= 15 is 0 Å². The molecule has 2 fully saturated rings. The molecule has 0 aromatic rings. The van der Waals surface area contributed by atoms with Gasteiger partial charge < -0.3 is 15.4 Å². The Bertz CT molecular complexity index is 316. The maximum Gasteiger partial charge on any atom is 0.407 e. The molecule has 1 amide bonds. The molecule has 1 atom stereocenters. The molecule has 0 aromatic carbocycles. The number of carbonyl (C=O) groups excluding carboxylic acids is 1. The first kappa shape index (κ1) is 16.0. The van der Waals surface area contributed by atoms with Crippen molar-refractivity contribution in [3.8, 4) is 0 Å². The molecule has 5 heteroatoms. The third-order valence-corrected chi connectivity index (χ3v) is 5.01. The number of ether oxygens (including phenoxy) is 1. The molecule has 1 saturated carbocycles. The van der Waals surface area contributed by atoms with Crippen LogP contribution in [0.3, 0.4) is 0 Å². The van der Waals surface area contributed by atoms with Crippen molar-refractivity contribution in [2.45, 2.75) is 76.6 Å². The second-order valence-corrected chi connectivity index (χ2v) is 8.07. The standard InChI is InChI=1S/C15H28N2O2S/c1-15(2,3)19-14(18)17-12-6-4-11(5-7-12)16-13-8-9-20-10-13/h11-13,16H,4-10H2,1-3H3,(H,17,18). The van der Waals surface area contributed by atoms with Crippen LogP contribution in [-0.2, 0) is 4.74 Å². The van der Waals surface area contributed by atoms with Crippen molar-refractivity contribution in [3.05, 3.63) is 0 Å². The minimum Gasteiger partial charge on any atom is -0.444 e. The van der Waals surface area contributed by atoms with Gasteiger partial charge in [0, 0.05) is 23.9 Å². The molecule has 2 aliphatic rings. The van der Waals surface area contributed by atoms with Crippen LogP contribution in [0.2, 0.25) is 0 Å². The fourth-order valence-corrected chi connectivity index (χ4v) is 4.04. The molecule has 0 spiro atoms. The highest BCUT2D eigenvalue weighted by molar-refractivity contribution is 7.99. The predicted octanol–water partition coefficient (Wildman–Crippen LogP) is 2.92. The number of hydrogen-bond donors (Lipinski definition) is 2. The highest BCUT2D eigenvalue weighted by Gasteiger charge is 2.26. The zero-order chi connectivity index (χ0) is 14.6. The van der Waals surface area contributed by atoms with Gasteiger partial charge in [0.15, 0.2) is 0 Å². The van der Waals surface area contributed by atoms with Crippen LogP contribution in [0.25, 0.3) is 0 Å². The van der Waals surface area contributed by atoms with E-state index in [1.54, 1.807) is 0 Å². The van der Waals surface area contributed by atoms with E-state index in [9.17, 15) is 4.79 Å². The van der Waals surface area contributed by atoms with Gasteiger partial charge in [-0.3, -0.25) is 0 Å². The van der Waals surface area contributed by atoms with Crippen molar-refractivity contribution in [2.75, 3.05) is 11.5 Å². The van der Waals surface area contributed by atoms with Crippen molar-refractivity contribution in [2.24, 2.45) is 0 Å². The van der Waals surface area contributed by atoms with E-state index in [0.29, 0.717) is 12.1 Å². The van der Waals surface area contributed by atoms with E-state index in [1.807, 2.05) is 32.5 Å². The second-order valence-electron chi connectivity index (χ2n) is 6.92. The van der Waals surface area contributed by atoms with Crippen molar-refractivity contribution in [1.29, 1.82) is 0 Å². The van der Waals surface area contributed by atoms with E-state index in [4.69, 9.17) is 4.74 Å². The van der Waals surface area contributed by atoms with Crippen LogP contribution in [0.15, 0.2) is 0 Å². The zero-order valence-corrected chi connectivity index (χ0v) is 13.7. The molecule has 2 N–H and O–H groups in total. The lowest BCUT2D eigenvalue weighted by atomic mass is 9.90. The normalized spacial score (nSPS) is 31.1. The summed E-state index contributed by atoms with van der Waals surface area (Å²) in [5.41, 5.74) is -0.414. The van der Waals surface area contributed by atoms with Gasteiger partial charge in [-0.25, -0.2) is 4.79 Å². The second kappa shape index (κ2) is 7.03. The molecule has 1 unspecified atom stereocenters. The Hall–Kier alpha value is -0.420. The number of rotatable bonds is 3. The van der Waals surface area contributed by atoms with Gasteiger partial charge in [-0.1, -0.05) is 0 Å². The Labute approximate surface area is 126 Å². The molecule has 116 valence electrons. The van der Waals surface area contributed by atoms with Crippen LogP contribution in [0.1, 0.15) is 52.9 Å². The Balaban J connectivity index is 1.64. The Morgan fingerprint density at radius 1 is 1.05 bits per heavy atom. The van der Waals surface area contributed by atoms with Crippen LogP contribution < -0.4 is 10.6 Å². The summed E-state index contributed by atoms with van der Waals surface area (Å²) in [5, 5.41) is 6.76. The zero-order valence-electron chi connectivity index (χ0n) is 12.9. The van der Waals surface area contributed by atoms with Gasteiger partial charge in [0.25, 0.3) is 0 Å². The molecule has 0 aromatic heterocycles. The lowest BCUT2D eigenvalue weighted by molar-refractivity contribution is 0.0489. The van der Waals surface area contributed by atoms with Crippen LogP contribution >= 0.6 is 11.8 Å². The van der Waals surface area contributed by atoms with Crippen LogP contribution in [0, 0.1) is 0 Å². The molecule has 1 aliphatic carbocycles. The summed E-state index contributed by atoms with van der Waals surface area (Å²) in [4.78, 5) is 11.7. The summed E-state index contributed by atoms with van der Waals surface area (Å²) in [5.74, 6) is 2.56. The van der Waals surface area contributed by atoms with Gasteiger partial charge in [-0.2, -0.15) is 11.8 Å². The fraction of sp³-hybridized carbons (Fsp3) is 0.933. The summed E-state index contributed by atoms with van der Waals surface area (Å²) in [6.07, 6.45) is 5.44. The van der Waals surface area contributed by atoms with E-state index < -0.39 is 5.60 Å². The molecular formula is C15H28N2O2S. The van der Waals surface area contributed by atoms with Gasteiger partial charge in [0.05, 0.1) is 0 Å². The number of amides is 1. The minimum absolute atomic E-state index is 0.277. The average Bonchev–Trinajstić information content (AvgIpc) is 2.82. The summed E-state index contributed by atoms with van der Waals surface area (Å²) in [6, 6.07) is 1.62. The predicted molar refractivity (Wildman–Crippen MR) is 84.3 cm³/mol. The molecule has 1 saturated heterocycles. The average molecular weight is 300 g/mol. The van der Waals surface area contributed by atoms with Crippen LogP contribution in [0.5, 0.6) is 0 Å². The molecule has 20 heavy (non-hydrogen) atoms. The van der Waals surface area contributed by atoms with Crippen molar-refractivity contribution in [3.63, 3.8) is 0 Å². The van der Waals surface area contributed by atoms with E-state index in [-0.39, 0.29) is 12.1 Å². The highest BCUT2D eigenvalue weighted by Crippen LogP contribution is 2.23. The van der Waals surface area contributed by atoms with Gasteiger partial charge in [0.1, 0.15) is 5.60 Å². The summed E-state index contributed by atoms with van der Waals surface area (Å²) in [6.45, 7) is 5.69. The monoisotopic (exact) mass is 300 g/mol. The van der Waals surface area contributed by atoms with Gasteiger partial charge in [-0.15, -0.1) is 0 Å². The molecule has 0 radical (unpaired) electrons. The lowest BCUT2D eigenvalue weighted by Crippen LogP contribution is -2.46. The molecule has 2 rings (SSSR count). The lowest BCUT2D eigenvalue weighted by Gasteiger charge is -2.32. The number of thioether (sulfide) groups is 1. The topological polar surface area (TPSA) is 50.4 Å². The smallest absolute Gasteiger partial charge is 0.407 e. The molecular weight excluding hydrogens is 272 g/mol. The molecule has 1 heterocycles. The number of alkyl carbamates (subject to hydrolysis) is 1. The van der Waals surface area contributed by atoms with Crippen LogP contribution in [-0.4, -0.2) is 41.3 Å². The first-order chi connectivity index (χ1) is 9.42. The third-order valence-electron chi connectivity index (χ3n) is 3.85. The quantitative estimate of drug-likeness (QED) is 0.841. The first-order valence-corrected chi connectivity index (χ1v) is 8.91. The summed E-state index contributed by atoms with van der Waals surface area (Å²) < 4.78 is 5.31. The number of hydrogen-bond acceptors (Lipinski definition) is 4. The Morgan fingerprint density at radius 2 is 1.70 bits per heavy atom. The van der Waals surface area contributed by atoms with E-state index in [0.717, 1.165) is 25.7 Å². The maximum absolute atomic E-state index is 11.7. The third kappa shape index (κ3) is 5.52. The Kier molecular flexibility index (Phi) is 5.61. The van der Waals surface area contributed by atoms with Crippen molar-refractivity contribution in [1.82, 2.24) is 10.6 Å². The molecule has 4 nitrogen and oxygen atoms in total. The maximum atomic E-state index is 11.7. The number of carbonyl (C=O) groups is 1. The first-order valence-electron chi connectivity index (χ1n) is 7.76. The van der Waals surface area contributed by atoms with E-state index in [2.05, 4.69) is 10.6 Å². The summed E-state index contributed by atoms with van der Waals surface area (Å²) >= 11 is 2.05. The van der Waals surface area contributed by atoms with Gasteiger partial charge >= 0.3 is 6.09 Å². The number of nitrogens with one attached hydrogen (secondary N) is 2. The Morgan fingerprint density at radius 3 is 2.25 bits per heavy atom. The van der Waals surface area contributed by atoms with Gasteiger partial charge in [0.2, 0.25) is 0 Å². The summed E-state index contributed by atoms with van der Waals surface area (Å²) in [7, 11) is 0. The van der Waals surface area contributed by atoms with Crippen LogP contribution in [0.4, 0.5) is 4.79 Å². The molecule has 1 aliphatic heterocycles. The minimum atomic E-state index is -0.414. The van der Waals surface area contributed by atoms with Crippen molar-refractivity contribution >= 4 is 17.9 Å². The molecule has 0 bridgehead atoms. The van der Waals surface area contributed by atoms with Crippen molar-refractivity contribution < 1.29 is 9.53 Å². The fourth-order valence-electron chi connectivity index (χ4n) is 2.88. The SMILES string of the molecule is CC(C)(C)OC(=O)NC1CCC(NC2CCSC2)CC1. The van der Waals surface area contributed by atoms with Gasteiger partial charge in [-0.05, 0) is 58.6 Å².